The Bertz CT molecular complexity index is 616. The number of halogens is 1. The van der Waals surface area contributed by atoms with Crippen molar-refractivity contribution >= 4 is 12.1 Å². The van der Waals surface area contributed by atoms with E-state index < -0.39 is 23.1 Å². The summed E-state index contributed by atoms with van der Waals surface area (Å²) in [5, 5.41) is 9.70. The lowest BCUT2D eigenvalue weighted by molar-refractivity contribution is -0.152. The zero-order valence-corrected chi connectivity index (χ0v) is 14.3. The first-order chi connectivity index (χ1) is 11.1. The maximum Gasteiger partial charge on any atom is 0.410 e. The molecule has 0 spiro atoms. The number of carbonyl (C=O) groups is 2. The standard InChI is InChI=1S/C18H24FNO4/c1-17(2,3)24-16(23)20-9-7-18(8-10-20,15(21)22)12-13-5-4-6-14(19)11-13/h4-6,11H,7-10,12H2,1-3H3,(H,21,22). The van der Waals surface area contributed by atoms with Crippen molar-refractivity contribution in [2.75, 3.05) is 13.1 Å². The number of amides is 1. The Morgan fingerprint density at radius 3 is 2.42 bits per heavy atom. The van der Waals surface area contributed by atoms with Crippen LogP contribution in [0.15, 0.2) is 24.3 Å². The molecule has 1 heterocycles. The van der Waals surface area contributed by atoms with Crippen molar-refractivity contribution in [1.29, 1.82) is 0 Å². The Balaban J connectivity index is 2.06. The molecule has 1 amide bonds. The van der Waals surface area contributed by atoms with Gasteiger partial charge in [-0.3, -0.25) is 4.79 Å². The predicted octanol–water partition coefficient (Wildman–Crippen LogP) is 3.47. The van der Waals surface area contributed by atoms with E-state index in [0.717, 1.165) is 0 Å². The average Bonchev–Trinajstić information content (AvgIpc) is 2.46. The number of rotatable bonds is 3. The highest BCUT2D eigenvalue weighted by Crippen LogP contribution is 2.36. The average molecular weight is 337 g/mol. The van der Waals surface area contributed by atoms with Crippen LogP contribution in [0.3, 0.4) is 0 Å². The molecule has 1 N–H and O–H groups in total. The Morgan fingerprint density at radius 1 is 1.29 bits per heavy atom. The van der Waals surface area contributed by atoms with Gasteiger partial charge in [-0.1, -0.05) is 12.1 Å². The highest BCUT2D eigenvalue weighted by molar-refractivity contribution is 5.76. The molecular formula is C18H24FNO4. The third-order valence-electron chi connectivity index (χ3n) is 4.26. The number of hydrogen-bond donors (Lipinski definition) is 1. The molecule has 6 heteroatoms. The van der Waals surface area contributed by atoms with E-state index in [4.69, 9.17) is 4.74 Å². The van der Waals surface area contributed by atoms with Gasteiger partial charge in [0.1, 0.15) is 11.4 Å². The molecule has 1 aliphatic heterocycles. The Morgan fingerprint density at radius 2 is 1.92 bits per heavy atom. The first-order valence-electron chi connectivity index (χ1n) is 8.07. The molecule has 1 aromatic rings. The molecule has 0 aliphatic carbocycles. The second-order valence-electron chi connectivity index (χ2n) is 7.36. The highest BCUT2D eigenvalue weighted by Gasteiger charge is 2.43. The maximum atomic E-state index is 13.4. The van der Waals surface area contributed by atoms with Crippen LogP contribution in [0.1, 0.15) is 39.2 Å². The van der Waals surface area contributed by atoms with Gasteiger partial charge in [-0.15, -0.1) is 0 Å². The molecule has 0 radical (unpaired) electrons. The van der Waals surface area contributed by atoms with Crippen molar-refractivity contribution in [3.05, 3.63) is 35.6 Å². The molecule has 0 atom stereocenters. The minimum Gasteiger partial charge on any atom is -0.481 e. The van der Waals surface area contributed by atoms with Crippen molar-refractivity contribution in [1.82, 2.24) is 4.90 Å². The second kappa shape index (κ2) is 6.79. The monoisotopic (exact) mass is 337 g/mol. The minimum absolute atomic E-state index is 0.252. The number of carboxylic acid groups (broad SMARTS) is 1. The quantitative estimate of drug-likeness (QED) is 0.917. The normalized spacial score (nSPS) is 17.4. The minimum atomic E-state index is -0.980. The second-order valence-corrected chi connectivity index (χ2v) is 7.36. The van der Waals surface area contributed by atoms with E-state index in [0.29, 0.717) is 31.5 Å². The van der Waals surface area contributed by atoms with Crippen molar-refractivity contribution in [2.45, 2.75) is 45.6 Å². The van der Waals surface area contributed by atoms with E-state index >= 15 is 0 Å². The number of carbonyl (C=O) groups excluding carboxylic acids is 1. The van der Waals surface area contributed by atoms with Gasteiger partial charge >= 0.3 is 12.1 Å². The van der Waals surface area contributed by atoms with Crippen LogP contribution in [0.25, 0.3) is 0 Å². The van der Waals surface area contributed by atoms with Gasteiger partial charge in [0.25, 0.3) is 0 Å². The maximum absolute atomic E-state index is 13.4. The molecule has 1 aliphatic rings. The van der Waals surface area contributed by atoms with Crippen LogP contribution in [0.2, 0.25) is 0 Å². The van der Waals surface area contributed by atoms with Crippen LogP contribution in [0, 0.1) is 11.2 Å². The number of piperidine rings is 1. The third-order valence-corrected chi connectivity index (χ3v) is 4.26. The van der Waals surface area contributed by atoms with E-state index in [2.05, 4.69) is 0 Å². The Labute approximate surface area is 141 Å². The molecule has 0 unspecified atom stereocenters. The summed E-state index contributed by atoms with van der Waals surface area (Å²) in [5.41, 5.74) is -0.908. The summed E-state index contributed by atoms with van der Waals surface area (Å²) in [4.78, 5) is 25.5. The number of hydrogen-bond acceptors (Lipinski definition) is 3. The Kier molecular flexibility index (Phi) is 5.16. The van der Waals surface area contributed by atoms with Crippen molar-refractivity contribution in [2.24, 2.45) is 5.41 Å². The molecule has 0 aromatic heterocycles. The van der Waals surface area contributed by atoms with Crippen LogP contribution in [0.4, 0.5) is 9.18 Å². The predicted molar refractivity (Wildman–Crippen MR) is 87.2 cm³/mol. The van der Waals surface area contributed by atoms with Gasteiger partial charge in [0.2, 0.25) is 0 Å². The topological polar surface area (TPSA) is 66.8 Å². The molecule has 132 valence electrons. The first kappa shape index (κ1) is 18.2. The van der Waals surface area contributed by atoms with Crippen molar-refractivity contribution < 1.29 is 23.8 Å². The number of benzene rings is 1. The fourth-order valence-electron chi connectivity index (χ4n) is 2.95. The van der Waals surface area contributed by atoms with E-state index in [9.17, 15) is 19.1 Å². The molecular weight excluding hydrogens is 313 g/mol. The molecule has 0 saturated carbocycles. The van der Waals surface area contributed by atoms with Crippen LogP contribution < -0.4 is 0 Å². The van der Waals surface area contributed by atoms with Crippen LogP contribution in [-0.4, -0.2) is 40.8 Å². The van der Waals surface area contributed by atoms with Crippen LogP contribution in [0.5, 0.6) is 0 Å². The SMILES string of the molecule is CC(C)(C)OC(=O)N1CCC(Cc2cccc(F)c2)(C(=O)O)CC1. The van der Waals surface area contributed by atoms with Gasteiger partial charge < -0.3 is 14.7 Å². The molecule has 24 heavy (non-hydrogen) atoms. The summed E-state index contributed by atoms with van der Waals surface area (Å²) in [6.45, 7) is 6.01. The summed E-state index contributed by atoms with van der Waals surface area (Å²) < 4.78 is 18.7. The summed E-state index contributed by atoms with van der Waals surface area (Å²) >= 11 is 0. The van der Waals surface area contributed by atoms with Gasteiger partial charge in [0.05, 0.1) is 5.41 Å². The smallest absolute Gasteiger partial charge is 0.410 e. The number of likely N-dealkylation sites (tertiary alicyclic amines) is 1. The fraction of sp³-hybridized carbons (Fsp3) is 0.556. The lowest BCUT2D eigenvalue weighted by Gasteiger charge is -2.39. The number of aliphatic carboxylic acids is 1. The molecule has 0 bridgehead atoms. The zero-order valence-electron chi connectivity index (χ0n) is 14.3. The van der Waals surface area contributed by atoms with Crippen LogP contribution in [-0.2, 0) is 16.0 Å². The molecule has 2 rings (SSSR count). The zero-order chi connectivity index (χ0) is 18.0. The summed E-state index contributed by atoms with van der Waals surface area (Å²) in [5.74, 6) is -1.28. The molecule has 1 fully saturated rings. The van der Waals surface area contributed by atoms with Crippen molar-refractivity contribution in [3.8, 4) is 0 Å². The van der Waals surface area contributed by atoms with Crippen molar-refractivity contribution in [3.63, 3.8) is 0 Å². The van der Waals surface area contributed by atoms with Gasteiger partial charge in [-0.05, 0) is 57.7 Å². The van der Waals surface area contributed by atoms with E-state index in [1.165, 1.54) is 17.0 Å². The van der Waals surface area contributed by atoms with Gasteiger partial charge in [0, 0.05) is 13.1 Å². The number of carboxylic acids is 1. The number of nitrogens with zero attached hydrogens (tertiary/aromatic N) is 1. The third kappa shape index (κ3) is 4.46. The van der Waals surface area contributed by atoms with E-state index in [-0.39, 0.29) is 12.2 Å². The summed E-state index contributed by atoms with van der Waals surface area (Å²) in [7, 11) is 0. The molecule has 1 aromatic carbocycles. The Hall–Kier alpha value is -2.11. The fourth-order valence-corrected chi connectivity index (χ4v) is 2.95. The van der Waals surface area contributed by atoms with Gasteiger partial charge in [0.15, 0.2) is 0 Å². The summed E-state index contributed by atoms with van der Waals surface area (Å²) in [6.07, 6.45) is 0.463. The summed E-state index contributed by atoms with van der Waals surface area (Å²) in [6, 6.07) is 6.01. The highest BCUT2D eigenvalue weighted by atomic mass is 19.1. The van der Waals surface area contributed by atoms with E-state index in [1.54, 1.807) is 32.9 Å². The molecule has 1 saturated heterocycles. The number of ether oxygens (including phenoxy) is 1. The van der Waals surface area contributed by atoms with Crippen LogP contribution >= 0.6 is 0 Å². The molecule has 5 nitrogen and oxygen atoms in total. The van der Waals surface area contributed by atoms with Gasteiger partial charge in [-0.2, -0.15) is 0 Å². The lowest BCUT2D eigenvalue weighted by Crippen LogP contribution is -2.48. The largest absolute Gasteiger partial charge is 0.481 e. The van der Waals surface area contributed by atoms with Gasteiger partial charge in [-0.25, -0.2) is 9.18 Å². The van der Waals surface area contributed by atoms with E-state index in [1.807, 2.05) is 0 Å². The lowest BCUT2D eigenvalue weighted by atomic mass is 9.74. The first-order valence-corrected chi connectivity index (χ1v) is 8.07.